The number of hydrogen-bond donors (Lipinski definition) is 0. The summed E-state index contributed by atoms with van der Waals surface area (Å²) in [7, 11) is 0. The second kappa shape index (κ2) is 42.4. The van der Waals surface area contributed by atoms with Crippen molar-refractivity contribution in [1.82, 2.24) is 0 Å². The summed E-state index contributed by atoms with van der Waals surface area (Å²) in [5.41, 5.74) is 0. The van der Waals surface area contributed by atoms with Crippen LogP contribution in [0, 0.1) is 0 Å². The van der Waals surface area contributed by atoms with E-state index in [1.54, 1.807) is 0 Å². The van der Waals surface area contributed by atoms with Crippen LogP contribution in [0.4, 0.5) is 0 Å². The van der Waals surface area contributed by atoms with Crippen LogP contribution in [0.5, 0.6) is 0 Å². The summed E-state index contributed by atoms with van der Waals surface area (Å²) in [6.07, 6.45) is 46.0. The number of ether oxygens (including phenoxy) is 4. The molecule has 0 N–H and O–H groups in total. The Hall–Kier alpha value is -0.580. The summed E-state index contributed by atoms with van der Waals surface area (Å²) in [6.45, 7) is 9.79. The molecule has 46 heavy (non-hydrogen) atoms. The molecule has 4 nitrogen and oxygen atoms in total. The summed E-state index contributed by atoms with van der Waals surface area (Å²) in [6, 6.07) is 0. The Morgan fingerprint density at radius 3 is 1.22 bits per heavy atom. The predicted molar refractivity (Wildman–Crippen MR) is 202 cm³/mol. The largest absolute Gasteiger partial charge is 0.475 e. The van der Waals surface area contributed by atoms with Crippen LogP contribution in [0.1, 0.15) is 226 Å². The average molecular weight is 653 g/mol. The Morgan fingerprint density at radius 1 is 0.391 bits per heavy atom. The van der Waals surface area contributed by atoms with Crippen LogP contribution in [-0.4, -0.2) is 32.9 Å². The molecular weight excluding hydrogens is 568 g/mol. The van der Waals surface area contributed by atoms with E-state index in [0.717, 1.165) is 39.1 Å². The van der Waals surface area contributed by atoms with Gasteiger partial charge in [-0.15, -0.1) is 0 Å². The average Bonchev–Trinajstić information content (AvgIpc) is 3.07. The van der Waals surface area contributed by atoms with Gasteiger partial charge in [0.15, 0.2) is 13.1 Å². The van der Waals surface area contributed by atoms with Crippen molar-refractivity contribution in [2.45, 2.75) is 233 Å². The second-order valence-electron chi connectivity index (χ2n) is 13.9. The van der Waals surface area contributed by atoms with Crippen LogP contribution in [0.15, 0.2) is 12.3 Å². The number of rotatable bonds is 41. The monoisotopic (exact) mass is 653 g/mol. The first kappa shape index (κ1) is 45.4. The van der Waals surface area contributed by atoms with Crippen LogP contribution < -0.4 is 0 Å². The van der Waals surface area contributed by atoms with Crippen molar-refractivity contribution in [2.24, 2.45) is 0 Å². The molecule has 0 heterocycles. The Labute approximate surface area is 289 Å². The zero-order valence-electron chi connectivity index (χ0n) is 31.8. The minimum absolute atomic E-state index is 0.00818. The SMILES string of the molecule is CCCCCCCCCCOC(CCCCCCCCCC=COCOCCCCCCCCC)OCCCCCCCCCC. The van der Waals surface area contributed by atoms with Gasteiger partial charge in [-0.3, -0.25) is 0 Å². The van der Waals surface area contributed by atoms with Crippen LogP contribution >= 0.6 is 0 Å². The molecular formula is C42H84O4. The standard InChI is InChI=1S/C42H84O4/c1-4-7-10-13-16-24-29-34-39-45-42(46-40-35-30-25-17-14-11-8-5-2)36-31-26-21-19-18-20-23-28-33-38-44-41-43-37-32-27-22-15-12-9-6-3/h33,38,42H,4-32,34-37,39-41H2,1-3H3. The Kier molecular flexibility index (Phi) is 41.9. The van der Waals surface area contributed by atoms with Gasteiger partial charge in [0, 0.05) is 13.2 Å². The maximum Gasteiger partial charge on any atom is 0.188 e. The molecule has 0 aromatic heterocycles. The smallest absolute Gasteiger partial charge is 0.188 e. The van der Waals surface area contributed by atoms with Crippen molar-refractivity contribution in [3.63, 3.8) is 0 Å². The predicted octanol–water partition coefficient (Wildman–Crippen LogP) is 14.4. The molecule has 4 heteroatoms. The number of hydrogen-bond acceptors (Lipinski definition) is 4. The molecule has 0 atom stereocenters. The van der Waals surface area contributed by atoms with Crippen molar-refractivity contribution < 1.29 is 18.9 Å². The van der Waals surface area contributed by atoms with Gasteiger partial charge in [-0.2, -0.15) is 0 Å². The molecule has 0 amide bonds. The van der Waals surface area contributed by atoms with E-state index in [1.807, 2.05) is 6.26 Å². The van der Waals surface area contributed by atoms with E-state index >= 15 is 0 Å². The molecule has 0 aliphatic heterocycles. The molecule has 0 rings (SSSR count). The summed E-state index contributed by atoms with van der Waals surface area (Å²) in [5.74, 6) is 0. The van der Waals surface area contributed by atoms with Crippen molar-refractivity contribution in [3.05, 3.63) is 12.3 Å². The lowest BCUT2D eigenvalue weighted by atomic mass is 10.1. The minimum atomic E-state index is 0.00818. The van der Waals surface area contributed by atoms with Crippen molar-refractivity contribution in [2.75, 3.05) is 26.6 Å². The molecule has 0 saturated heterocycles. The maximum absolute atomic E-state index is 6.26. The van der Waals surface area contributed by atoms with Crippen LogP contribution in [0.2, 0.25) is 0 Å². The van der Waals surface area contributed by atoms with Crippen molar-refractivity contribution in [1.29, 1.82) is 0 Å². The van der Waals surface area contributed by atoms with Crippen molar-refractivity contribution in [3.8, 4) is 0 Å². The normalized spacial score (nSPS) is 11.8. The van der Waals surface area contributed by atoms with Gasteiger partial charge in [0.25, 0.3) is 0 Å². The van der Waals surface area contributed by atoms with Crippen molar-refractivity contribution >= 4 is 0 Å². The topological polar surface area (TPSA) is 36.9 Å². The minimum Gasteiger partial charge on any atom is -0.475 e. The van der Waals surface area contributed by atoms with E-state index < -0.39 is 0 Å². The van der Waals surface area contributed by atoms with Gasteiger partial charge in [-0.05, 0) is 51.0 Å². The third-order valence-electron chi connectivity index (χ3n) is 9.15. The first-order chi connectivity index (χ1) is 22.8. The molecule has 0 saturated carbocycles. The van der Waals surface area contributed by atoms with E-state index in [-0.39, 0.29) is 6.29 Å². The highest BCUT2D eigenvalue weighted by Gasteiger charge is 2.09. The zero-order chi connectivity index (χ0) is 33.3. The van der Waals surface area contributed by atoms with E-state index in [1.165, 1.54) is 186 Å². The first-order valence-corrected chi connectivity index (χ1v) is 20.9. The lowest BCUT2D eigenvalue weighted by molar-refractivity contribution is -0.148. The molecule has 0 aromatic rings. The fourth-order valence-corrected chi connectivity index (χ4v) is 6.02. The van der Waals surface area contributed by atoms with Gasteiger partial charge in [-0.1, -0.05) is 181 Å². The Balaban J connectivity index is 3.77. The summed E-state index contributed by atoms with van der Waals surface area (Å²) < 4.78 is 23.6. The number of unbranched alkanes of at least 4 members (excludes halogenated alkanes) is 27. The van der Waals surface area contributed by atoms with Gasteiger partial charge in [0.05, 0.1) is 12.9 Å². The molecule has 0 aliphatic carbocycles. The van der Waals surface area contributed by atoms with Crippen LogP contribution in [0.3, 0.4) is 0 Å². The van der Waals surface area contributed by atoms with Gasteiger partial charge < -0.3 is 18.9 Å². The van der Waals surface area contributed by atoms with E-state index in [9.17, 15) is 0 Å². The van der Waals surface area contributed by atoms with Gasteiger partial charge in [-0.25, -0.2) is 0 Å². The van der Waals surface area contributed by atoms with Crippen LogP contribution in [-0.2, 0) is 18.9 Å². The van der Waals surface area contributed by atoms with Crippen LogP contribution in [0.25, 0.3) is 0 Å². The Morgan fingerprint density at radius 2 is 0.761 bits per heavy atom. The number of allylic oxidation sites excluding steroid dienone is 1. The molecule has 0 aliphatic rings. The first-order valence-electron chi connectivity index (χ1n) is 20.9. The fraction of sp³-hybridized carbons (Fsp3) is 0.952. The highest BCUT2D eigenvalue weighted by Crippen LogP contribution is 2.16. The quantitative estimate of drug-likeness (QED) is 0.0374. The summed E-state index contributed by atoms with van der Waals surface area (Å²) in [5, 5.41) is 0. The lowest BCUT2D eigenvalue weighted by Gasteiger charge is -2.19. The van der Waals surface area contributed by atoms with E-state index in [4.69, 9.17) is 18.9 Å². The van der Waals surface area contributed by atoms with Gasteiger partial charge >= 0.3 is 0 Å². The highest BCUT2D eigenvalue weighted by atomic mass is 16.7. The summed E-state index contributed by atoms with van der Waals surface area (Å²) in [4.78, 5) is 0. The maximum atomic E-state index is 6.26. The highest BCUT2D eigenvalue weighted by molar-refractivity contribution is 4.72. The second-order valence-corrected chi connectivity index (χ2v) is 13.9. The third kappa shape index (κ3) is 39.6. The molecule has 0 radical (unpaired) electrons. The van der Waals surface area contributed by atoms with Gasteiger partial charge in [0.2, 0.25) is 0 Å². The zero-order valence-corrected chi connectivity index (χ0v) is 31.8. The molecule has 0 spiro atoms. The summed E-state index contributed by atoms with van der Waals surface area (Å²) >= 11 is 0. The molecule has 276 valence electrons. The molecule has 0 fully saturated rings. The van der Waals surface area contributed by atoms with E-state index in [0.29, 0.717) is 6.79 Å². The lowest BCUT2D eigenvalue weighted by Crippen LogP contribution is -2.19. The van der Waals surface area contributed by atoms with Gasteiger partial charge in [0.1, 0.15) is 0 Å². The molecule has 0 aromatic carbocycles. The van der Waals surface area contributed by atoms with E-state index in [2.05, 4.69) is 26.8 Å². The third-order valence-corrected chi connectivity index (χ3v) is 9.15. The molecule has 0 unspecified atom stereocenters. The Bertz CT molecular complexity index is 530. The molecule has 0 bridgehead atoms. The fourth-order valence-electron chi connectivity index (χ4n) is 6.02.